The summed E-state index contributed by atoms with van der Waals surface area (Å²) in [6.07, 6.45) is 1.76. The van der Waals surface area contributed by atoms with Gasteiger partial charge < -0.3 is 9.40 Å². The molecule has 2 rings (SSSR count). The molecule has 0 bridgehead atoms. The molecule has 0 radical (unpaired) electrons. The lowest BCUT2D eigenvalue weighted by Crippen LogP contribution is -2.21. The number of benzene rings is 1. The van der Waals surface area contributed by atoms with Crippen molar-refractivity contribution in [3.63, 3.8) is 0 Å². The molecule has 0 fully saturated rings. The molecule has 2 aromatic rings. The highest BCUT2D eigenvalue weighted by Crippen LogP contribution is 2.09. The molecule has 1 heterocycles. The van der Waals surface area contributed by atoms with E-state index in [1.165, 1.54) is 11.1 Å². The van der Waals surface area contributed by atoms with Crippen LogP contribution < -0.4 is 16.5 Å². The van der Waals surface area contributed by atoms with E-state index in [4.69, 9.17) is 4.42 Å². The average molecular weight is 215 g/mol. The third-order valence-corrected chi connectivity index (χ3v) is 2.55. The molecule has 0 saturated heterocycles. The predicted molar refractivity (Wildman–Crippen MR) is 63.6 cm³/mol. The first-order valence-electron chi connectivity index (χ1n) is 5.03. The van der Waals surface area contributed by atoms with Crippen LogP contribution in [0.3, 0.4) is 0 Å². The first-order chi connectivity index (χ1) is 7.56. The third kappa shape index (κ3) is 1.98. The Morgan fingerprint density at radius 2 is 2.06 bits per heavy atom. The van der Waals surface area contributed by atoms with Crippen molar-refractivity contribution >= 4 is 12.7 Å². The number of nitrogens with one attached hydrogen (secondary N) is 1. The van der Waals surface area contributed by atoms with Gasteiger partial charge in [-0.25, -0.2) is 4.79 Å². The second-order valence-corrected chi connectivity index (χ2v) is 3.84. The molecule has 0 amide bonds. The maximum Gasteiger partial charge on any atom is 0.361 e. The van der Waals surface area contributed by atoms with E-state index in [-0.39, 0.29) is 11.2 Å². The summed E-state index contributed by atoms with van der Waals surface area (Å²) in [7, 11) is 0. The Labute approximate surface area is 92.7 Å². The van der Waals surface area contributed by atoms with Gasteiger partial charge in [0.1, 0.15) is 5.35 Å². The number of rotatable bonds is 1. The Morgan fingerprint density at radius 3 is 2.62 bits per heavy atom. The van der Waals surface area contributed by atoms with E-state index in [0.29, 0.717) is 5.35 Å². The van der Waals surface area contributed by atoms with Crippen molar-refractivity contribution in [3.8, 4) is 0 Å². The summed E-state index contributed by atoms with van der Waals surface area (Å²) in [5, 5.41) is 0.424. The second-order valence-electron chi connectivity index (χ2n) is 3.84. The molecular formula is C13H13NO2. The molecule has 1 aromatic heterocycles. The van der Waals surface area contributed by atoms with Gasteiger partial charge in [-0.2, -0.15) is 0 Å². The first-order valence-corrected chi connectivity index (χ1v) is 5.03. The number of aromatic amines is 1. The molecule has 0 aliphatic rings. The highest BCUT2D eigenvalue weighted by atomic mass is 16.4. The quantitative estimate of drug-likeness (QED) is 0.765. The zero-order chi connectivity index (χ0) is 11.7. The third-order valence-electron chi connectivity index (χ3n) is 2.55. The highest BCUT2D eigenvalue weighted by molar-refractivity contribution is 5.50. The van der Waals surface area contributed by atoms with Crippen molar-refractivity contribution in [2.45, 2.75) is 13.8 Å². The summed E-state index contributed by atoms with van der Waals surface area (Å²) in [5.41, 5.74) is 3.29. The zero-order valence-corrected chi connectivity index (χ0v) is 9.33. The normalized spacial score (nSPS) is 12.0. The minimum absolute atomic E-state index is 0.278. The number of hydrogen-bond donors (Lipinski definition) is 1. The fourth-order valence-electron chi connectivity index (χ4n) is 1.51. The Bertz CT molecular complexity index is 677. The van der Waals surface area contributed by atoms with Gasteiger partial charge in [0.05, 0.1) is 0 Å². The highest BCUT2D eigenvalue weighted by Gasteiger charge is 1.96. The first kappa shape index (κ1) is 10.5. The van der Waals surface area contributed by atoms with E-state index >= 15 is 0 Å². The lowest BCUT2D eigenvalue weighted by Gasteiger charge is -1.99. The topological polar surface area (TPSA) is 46.0 Å². The summed E-state index contributed by atoms with van der Waals surface area (Å²) in [4.78, 5) is 14.1. The molecular weight excluding hydrogens is 202 g/mol. The smallest absolute Gasteiger partial charge is 0.361 e. The van der Waals surface area contributed by atoms with Crippen LogP contribution >= 0.6 is 0 Å². The summed E-state index contributed by atoms with van der Waals surface area (Å²) in [6.45, 7) is 7.62. The summed E-state index contributed by atoms with van der Waals surface area (Å²) >= 11 is 0. The van der Waals surface area contributed by atoms with Crippen molar-refractivity contribution in [1.82, 2.24) is 4.98 Å². The van der Waals surface area contributed by atoms with E-state index in [0.717, 1.165) is 5.56 Å². The maximum absolute atomic E-state index is 11.3. The van der Waals surface area contributed by atoms with Crippen molar-refractivity contribution < 1.29 is 4.42 Å². The zero-order valence-electron chi connectivity index (χ0n) is 9.33. The number of hydrogen-bond acceptors (Lipinski definition) is 2. The van der Waals surface area contributed by atoms with E-state index < -0.39 is 0 Å². The lowest BCUT2D eigenvalue weighted by molar-refractivity contribution is 0.488. The predicted octanol–water partition coefficient (Wildman–Crippen LogP) is 0.824. The molecule has 16 heavy (non-hydrogen) atoms. The summed E-state index contributed by atoms with van der Waals surface area (Å²) < 4.78 is 4.79. The van der Waals surface area contributed by atoms with Gasteiger partial charge in [-0.15, -0.1) is 0 Å². The Balaban J connectivity index is 2.59. The molecule has 0 saturated carbocycles. The number of aryl methyl sites for hydroxylation is 2. The van der Waals surface area contributed by atoms with Crippen LogP contribution in [-0.2, 0) is 0 Å². The molecule has 0 aliphatic heterocycles. The number of H-pyrrole nitrogens is 1. The van der Waals surface area contributed by atoms with Gasteiger partial charge in [-0.05, 0) is 43.2 Å². The van der Waals surface area contributed by atoms with Crippen LogP contribution in [0.4, 0.5) is 0 Å². The van der Waals surface area contributed by atoms with Crippen molar-refractivity contribution in [3.05, 3.63) is 56.2 Å². The van der Waals surface area contributed by atoms with E-state index in [2.05, 4.69) is 18.5 Å². The van der Waals surface area contributed by atoms with Gasteiger partial charge in [-0.3, -0.25) is 0 Å². The van der Waals surface area contributed by atoms with Crippen LogP contribution in [0.2, 0.25) is 0 Å². The Kier molecular flexibility index (Phi) is 2.52. The fraction of sp³-hybridized carbons (Fsp3) is 0.154. The van der Waals surface area contributed by atoms with Crippen molar-refractivity contribution in [1.29, 1.82) is 0 Å². The lowest BCUT2D eigenvalue weighted by atomic mass is 10.1. The molecule has 82 valence electrons. The van der Waals surface area contributed by atoms with Crippen molar-refractivity contribution in [2.24, 2.45) is 0 Å². The van der Waals surface area contributed by atoms with Crippen LogP contribution in [0.25, 0.3) is 12.7 Å². The van der Waals surface area contributed by atoms with E-state index in [1.807, 2.05) is 25.1 Å². The van der Waals surface area contributed by atoms with Gasteiger partial charge in [0.15, 0.2) is 5.55 Å². The minimum Gasteiger partial charge on any atom is -0.405 e. The van der Waals surface area contributed by atoms with Crippen LogP contribution in [0.1, 0.15) is 16.7 Å². The molecule has 0 unspecified atom stereocenters. The van der Waals surface area contributed by atoms with Crippen LogP contribution in [0.15, 0.2) is 27.4 Å². The largest absolute Gasteiger partial charge is 0.405 e. The Morgan fingerprint density at radius 1 is 1.31 bits per heavy atom. The van der Waals surface area contributed by atoms with Gasteiger partial charge in [0, 0.05) is 0 Å². The van der Waals surface area contributed by atoms with Crippen LogP contribution in [0.5, 0.6) is 0 Å². The maximum atomic E-state index is 11.3. The fourth-order valence-corrected chi connectivity index (χ4v) is 1.51. The Hall–Kier alpha value is -2.03. The molecule has 0 atom stereocenters. The number of oxazole rings is 1. The van der Waals surface area contributed by atoms with Gasteiger partial charge in [-0.1, -0.05) is 18.2 Å². The van der Waals surface area contributed by atoms with Gasteiger partial charge in [0.25, 0.3) is 0 Å². The van der Waals surface area contributed by atoms with Crippen LogP contribution in [0, 0.1) is 13.8 Å². The van der Waals surface area contributed by atoms with Gasteiger partial charge >= 0.3 is 5.63 Å². The molecule has 0 spiro atoms. The SMILES string of the molecule is C=c1[nH]c(=Cc2ccc(C)c(C)c2)c(=O)o1. The minimum atomic E-state index is -0.386. The average Bonchev–Trinajstić information content (AvgIpc) is 2.51. The molecule has 1 N–H and O–H groups in total. The molecule has 3 nitrogen and oxygen atoms in total. The second kappa shape index (κ2) is 3.85. The number of aromatic nitrogens is 1. The van der Waals surface area contributed by atoms with Crippen LogP contribution in [-0.4, -0.2) is 4.98 Å². The van der Waals surface area contributed by atoms with E-state index in [1.54, 1.807) is 6.08 Å². The van der Waals surface area contributed by atoms with Gasteiger partial charge in [0.2, 0.25) is 0 Å². The summed E-state index contributed by atoms with van der Waals surface area (Å²) in [5.74, 6) is 0. The molecule has 3 heteroatoms. The molecule has 0 aliphatic carbocycles. The molecule has 1 aromatic carbocycles. The van der Waals surface area contributed by atoms with E-state index in [9.17, 15) is 4.79 Å². The summed E-state index contributed by atoms with van der Waals surface area (Å²) in [6, 6.07) is 6.01. The standard InChI is InChI=1S/C13H13NO2/c1-8-4-5-11(6-9(8)2)7-12-13(15)16-10(3)14-12/h4-7,14H,3H2,1-2H3. The monoisotopic (exact) mass is 215 g/mol. The van der Waals surface area contributed by atoms with Crippen molar-refractivity contribution in [2.75, 3.05) is 0 Å².